The van der Waals surface area contributed by atoms with Crippen LogP contribution in [0.4, 0.5) is 4.39 Å². The highest BCUT2D eigenvalue weighted by Crippen LogP contribution is 2.18. The van der Waals surface area contributed by atoms with Crippen LogP contribution in [0.15, 0.2) is 24.3 Å². The van der Waals surface area contributed by atoms with Gasteiger partial charge in [-0.2, -0.15) is 0 Å². The number of carbonyl (C=O) groups excluding carboxylic acids is 2. The molecule has 3 rings (SSSR count). The predicted octanol–water partition coefficient (Wildman–Crippen LogP) is 1.76. The summed E-state index contributed by atoms with van der Waals surface area (Å²) >= 11 is 5.77. The van der Waals surface area contributed by atoms with Crippen LogP contribution in [0.2, 0.25) is 5.02 Å². The van der Waals surface area contributed by atoms with Gasteiger partial charge in [0.2, 0.25) is 11.8 Å². The molecule has 0 spiro atoms. The smallest absolute Gasteiger partial charge is 0.246 e. The number of hydrogen-bond acceptors (Lipinski definition) is 5. The van der Waals surface area contributed by atoms with Crippen LogP contribution < -0.4 is 0 Å². The van der Waals surface area contributed by atoms with Gasteiger partial charge in [-0.3, -0.25) is 14.5 Å². The molecule has 2 amide bonds. The second-order valence-corrected chi connectivity index (χ2v) is 8.79. The molecule has 0 aliphatic carbocycles. The molecule has 32 heavy (non-hydrogen) atoms. The van der Waals surface area contributed by atoms with Gasteiger partial charge in [-0.05, 0) is 43.0 Å². The van der Waals surface area contributed by atoms with Gasteiger partial charge in [0, 0.05) is 57.8 Å². The summed E-state index contributed by atoms with van der Waals surface area (Å²) in [6.07, 6.45) is 5.13. The number of piperidine rings is 1. The van der Waals surface area contributed by atoms with E-state index in [9.17, 15) is 24.2 Å². The minimum atomic E-state index is -0.510. The normalized spacial score (nSPS) is 23.1. The monoisotopic (exact) mass is 467 g/mol. The van der Waals surface area contributed by atoms with E-state index >= 15 is 0 Å². The Bertz CT molecular complexity index is 837. The highest BCUT2D eigenvalue weighted by atomic mass is 35.5. The van der Waals surface area contributed by atoms with Crippen LogP contribution in [-0.2, 0) is 9.59 Å². The summed E-state index contributed by atoms with van der Waals surface area (Å²) < 4.78 is 13.3. The Morgan fingerprint density at radius 1 is 1.22 bits per heavy atom. The van der Waals surface area contributed by atoms with Crippen molar-refractivity contribution >= 4 is 29.5 Å². The number of β-amino-alcohol motifs (C(OH)–C–C–N with tert-alkyl or cyclic N) is 1. The Hall–Kier alpha value is -2.00. The van der Waals surface area contributed by atoms with E-state index in [0.717, 1.165) is 12.8 Å². The number of hydrogen-bond donors (Lipinski definition) is 2. The molecule has 0 saturated carbocycles. The van der Waals surface area contributed by atoms with Gasteiger partial charge in [0.15, 0.2) is 0 Å². The molecular weight excluding hydrogens is 437 g/mol. The Morgan fingerprint density at radius 2 is 2.03 bits per heavy atom. The third-order valence-corrected chi connectivity index (χ3v) is 6.43. The number of rotatable bonds is 7. The Labute approximate surface area is 193 Å². The number of aliphatic hydroxyl groups is 2. The van der Waals surface area contributed by atoms with E-state index in [1.807, 2.05) is 0 Å². The molecular formula is C23H31ClFN3O4. The van der Waals surface area contributed by atoms with Crippen LogP contribution in [0.25, 0.3) is 6.08 Å². The first-order valence-corrected chi connectivity index (χ1v) is 11.5. The second-order valence-electron chi connectivity index (χ2n) is 8.38. The van der Waals surface area contributed by atoms with E-state index in [2.05, 4.69) is 4.90 Å². The lowest BCUT2D eigenvalue weighted by atomic mass is 10.0. The van der Waals surface area contributed by atoms with Gasteiger partial charge in [-0.1, -0.05) is 17.7 Å². The lowest BCUT2D eigenvalue weighted by Gasteiger charge is -2.37. The van der Waals surface area contributed by atoms with Crippen molar-refractivity contribution in [3.63, 3.8) is 0 Å². The standard InChI is InChI=1S/C23H31ClFN3O4/c24-20-14-17(2-6-21(20)25)3-7-22(31)27-11-8-23(32)26(12-13-27)9-1-10-28-15-19(30)5-4-18(28)16-29/h2-3,6-7,14,18-19,29-30H,1,4-5,8-13,15-16H2/b7-3+. The van der Waals surface area contributed by atoms with Crippen LogP contribution in [0, 0.1) is 5.82 Å². The fourth-order valence-corrected chi connectivity index (χ4v) is 4.43. The van der Waals surface area contributed by atoms with Crippen molar-refractivity contribution in [3.8, 4) is 0 Å². The van der Waals surface area contributed by atoms with E-state index < -0.39 is 5.82 Å². The summed E-state index contributed by atoms with van der Waals surface area (Å²) in [7, 11) is 0. The van der Waals surface area contributed by atoms with Crippen molar-refractivity contribution < 1.29 is 24.2 Å². The average molecular weight is 468 g/mol. The van der Waals surface area contributed by atoms with E-state index in [4.69, 9.17) is 11.6 Å². The maximum absolute atomic E-state index is 13.3. The Kier molecular flexibility index (Phi) is 9.04. The van der Waals surface area contributed by atoms with Gasteiger partial charge in [0.25, 0.3) is 0 Å². The van der Waals surface area contributed by atoms with E-state index in [0.29, 0.717) is 51.3 Å². The van der Waals surface area contributed by atoms with Crippen LogP contribution in [-0.4, -0.2) is 94.7 Å². The maximum Gasteiger partial charge on any atom is 0.246 e. The number of likely N-dealkylation sites (tertiary alicyclic amines) is 1. The minimum Gasteiger partial charge on any atom is -0.395 e. The molecule has 2 saturated heterocycles. The molecule has 1 aromatic rings. The molecule has 2 heterocycles. The first-order valence-electron chi connectivity index (χ1n) is 11.1. The summed E-state index contributed by atoms with van der Waals surface area (Å²) in [4.78, 5) is 30.6. The van der Waals surface area contributed by atoms with Crippen molar-refractivity contribution in [1.82, 2.24) is 14.7 Å². The number of carbonyl (C=O) groups is 2. The fraction of sp³-hybridized carbons (Fsp3) is 0.565. The summed E-state index contributed by atoms with van der Waals surface area (Å²) in [6, 6.07) is 4.31. The highest BCUT2D eigenvalue weighted by Gasteiger charge is 2.27. The number of amides is 2. The number of halogens is 2. The average Bonchev–Trinajstić information content (AvgIpc) is 2.96. The van der Waals surface area contributed by atoms with Crippen LogP contribution in [0.3, 0.4) is 0 Å². The van der Waals surface area contributed by atoms with Gasteiger partial charge >= 0.3 is 0 Å². The molecule has 0 aromatic heterocycles. The molecule has 2 N–H and O–H groups in total. The largest absolute Gasteiger partial charge is 0.395 e. The zero-order valence-corrected chi connectivity index (χ0v) is 18.9. The lowest BCUT2D eigenvalue weighted by Crippen LogP contribution is -2.48. The van der Waals surface area contributed by atoms with E-state index in [1.54, 1.807) is 21.9 Å². The highest BCUT2D eigenvalue weighted by molar-refractivity contribution is 6.30. The summed E-state index contributed by atoms with van der Waals surface area (Å²) in [6.45, 7) is 3.17. The molecule has 2 fully saturated rings. The third kappa shape index (κ3) is 6.75. The Morgan fingerprint density at radius 3 is 2.78 bits per heavy atom. The van der Waals surface area contributed by atoms with E-state index in [-0.39, 0.29) is 42.0 Å². The number of benzene rings is 1. The van der Waals surface area contributed by atoms with Gasteiger partial charge in [0.1, 0.15) is 5.82 Å². The summed E-state index contributed by atoms with van der Waals surface area (Å²) in [5.41, 5.74) is 0.626. The van der Waals surface area contributed by atoms with Gasteiger partial charge in [-0.25, -0.2) is 4.39 Å². The molecule has 2 aliphatic heterocycles. The molecule has 2 unspecified atom stereocenters. The van der Waals surface area contributed by atoms with Crippen molar-refractivity contribution in [2.75, 3.05) is 45.9 Å². The lowest BCUT2D eigenvalue weighted by molar-refractivity contribution is -0.130. The van der Waals surface area contributed by atoms with Crippen molar-refractivity contribution in [3.05, 3.63) is 40.7 Å². The first-order chi connectivity index (χ1) is 15.4. The van der Waals surface area contributed by atoms with Crippen molar-refractivity contribution in [2.24, 2.45) is 0 Å². The van der Waals surface area contributed by atoms with Crippen molar-refractivity contribution in [2.45, 2.75) is 37.8 Å². The second kappa shape index (κ2) is 11.7. The van der Waals surface area contributed by atoms with Crippen LogP contribution in [0.5, 0.6) is 0 Å². The van der Waals surface area contributed by atoms with Crippen LogP contribution >= 0.6 is 11.6 Å². The minimum absolute atomic E-state index is 0.0000167. The maximum atomic E-state index is 13.3. The Balaban J connectivity index is 1.48. The zero-order chi connectivity index (χ0) is 23.1. The number of nitrogens with zero attached hydrogens (tertiary/aromatic N) is 3. The number of aliphatic hydroxyl groups excluding tert-OH is 2. The van der Waals surface area contributed by atoms with Gasteiger partial charge < -0.3 is 20.0 Å². The summed E-state index contributed by atoms with van der Waals surface area (Å²) in [5, 5.41) is 19.4. The van der Waals surface area contributed by atoms with Crippen LogP contribution in [0.1, 0.15) is 31.2 Å². The first kappa shape index (κ1) is 24.6. The molecule has 7 nitrogen and oxygen atoms in total. The molecule has 2 aliphatic rings. The molecule has 0 radical (unpaired) electrons. The summed E-state index contributed by atoms with van der Waals surface area (Å²) in [5.74, 6) is -0.690. The molecule has 9 heteroatoms. The SMILES string of the molecule is O=C(/C=C/c1ccc(F)c(Cl)c1)N1CCC(=O)N(CCCN2CC(O)CCC2CO)CC1. The molecule has 0 bridgehead atoms. The third-order valence-electron chi connectivity index (χ3n) is 6.14. The molecule has 1 aromatic carbocycles. The van der Waals surface area contributed by atoms with Gasteiger partial charge in [0.05, 0.1) is 17.7 Å². The van der Waals surface area contributed by atoms with E-state index in [1.165, 1.54) is 18.2 Å². The zero-order valence-electron chi connectivity index (χ0n) is 18.1. The molecule has 176 valence electrons. The fourth-order valence-electron chi connectivity index (χ4n) is 4.24. The quantitative estimate of drug-likeness (QED) is 0.597. The topological polar surface area (TPSA) is 84.3 Å². The molecule has 2 atom stereocenters. The van der Waals surface area contributed by atoms with Crippen molar-refractivity contribution in [1.29, 1.82) is 0 Å². The van der Waals surface area contributed by atoms with Gasteiger partial charge in [-0.15, -0.1) is 0 Å². The predicted molar refractivity (Wildman–Crippen MR) is 121 cm³/mol.